The van der Waals surface area contributed by atoms with Crippen LogP contribution >= 0.6 is 11.6 Å². The Labute approximate surface area is 182 Å². The van der Waals surface area contributed by atoms with Gasteiger partial charge in [0.2, 0.25) is 5.91 Å². The molecule has 30 heavy (non-hydrogen) atoms. The molecule has 8 heteroatoms. The number of nitrogens with one attached hydrogen (secondary N) is 3. The van der Waals surface area contributed by atoms with Gasteiger partial charge in [-0.1, -0.05) is 23.7 Å². The van der Waals surface area contributed by atoms with Crippen LogP contribution in [0.3, 0.4) is 0 Å². The van der Waals surface area contributed by atoms with Gasteiger partial charge in [-0.3, -0.25) is 10.2 Å². The van der Waals surface area contributed by atoms with E-state index in [-0.39, 0.29) is 17.9 Å². The van der Waals surface area contributed by atoms with Crippen molar-refractivity contribution in [2.24, 2.45) is 5.92 Å². The summed E-state index contributed by atoms with van der Waals surface area (Å²) >= 11 is 6.32. The molecule has 7 nitrogen and oxygen atoms in total. The third-order valence-corrected chi connectivity index (χ3v) is 5.22. The molecule has 1 saturated heterocycles. The molecule has 0 aromatic heterocycles. The Hall–Kier alpha value is -2.48. The van der Waals surface area contributed by atoms with Crippen molar-refractivity contribution in [1.29, 1.82) is 0 Å². The minimum absolute atomic E-state index is 0.0451. The molecule has 2 aromatic carbocycles. The van der Waals surface area contributed by atoms with Crippen LogP contribution in [0.25, 0.3) is 0 Å². The molecule has 3 rings (SSSR count). The second kappa shape index (κ2) is 10.5. The van der Waals surface area contributed by atoms with E-state index < -0.39 is 0 Å². The van der Waals surface area contributed by atoms with Gasteiger partial charge in [-0.2, -0.15) is 0 Å². The van der Waals surface area contributed by atoms with Crippen molar-refractivity contribution in [3.05, 3.63) is 52.5 Å². The summed E-state index contributed by atoms with van der Waals surface area (Å²) in [5, 5.41) is 3.55. The van der Waals surface area contributed by atoms with Gasteiger partial charge >= 0.3 is 0 Å². The predicted molar refractivity (Wildman–Crippen MR) is 116 cm³/mol. The average molecular weight is 434 g/mol. The third-order valence-electron chi connectivity index (χ3n) is 4.93. The number of ether oxygens (including phenoxy) is 3. The van der Waals surface area contributed by atoms with Crippen molar-refractivity contribution in [3.63, 3.8) is 0 Å². The largest absolute Gasteiger partial charge is 0.493 e. The van der Waals surface area contributed by atoms with Crippen LogP contribution in [-0.4, -0.2) is 32.8 Å². The van der Waals surface area contributed by atoms with Crippen LogP contribution in [-0.2, 0) is 11.3 Å². The van der Waals surface area contributed by atoms with Crippen LogP contribution < -0.4 is 30.4 Å². The molecule has 2 atom stereocenters. The van der Waals surface area contributed by atoms with Gasteiger partial charge in [-0.05, 0) is 49.2 Å². The van der Waals surface area contributed by atoms with Crippen LogP contribution in [0.4, 0.5) is 0 Å². The van der Waals surface area contributed by atoms with Crippen molar-refractivity contribution in [2.45, 2.75) is 26.4 Å². The molecule has 2 aromatic rings. The summed E-state index contributed by atoms with van der Waals surface area (Å²) in [6, 6.07) is 11.1. The number of methoxy groups -OCH3 is 1. The van der Waals surface area contributed by atoms with Gasteiger partial charge in [0.25, 0.3) is 0 Å². The number of hydrogen-bond donors (Lipinski definition) is 3. The monoisotopic (exact) mass is 433 g/mol. The van der Waals surface area contributed by atoms with Gasteiger partial charge in [0.15, 0.2) is 11.5 Å². The molecule has 2 unspecified atom stereocenters. The number of benzene rings is 2. The number of rotatable bonds is 9. The van der Waals surface area contributed by atoms with Crippen LogP contribution in [0.2, 0.25) is 5.02 Å². The molecule has 0 aliphatic carbocycles. The van der Waals surface area contributed by atoms with E-state index >= 15 is 0 Å². The Morgan fingerprint density at radius 2 is 1.83 bits per heavy atom. The first-order chi connectivity index (χ1) is 14.6. The highest BCUT2D eigenvalue weighted by Crippen LogP contribution is 2.32. The lowest BCUT2D eigenvalue weighted by Crippen LogP contribution is -2.34. The summed E-state index contributed by atoms with van der Waals surface area (Å²) in [4.78, 5) is 12.9. The molecule has 1 fully saturated rings. The Morgan fingerprint density at radius 1 is 1.10 bits per heavy atom. The number of carbonyl (C=O) groups is 1. The third kappa shape index (κ3) is 5.16. The van der Waals surface area contributed by atoms with Gasteiger partial charge in [-0.25, -0.2) is 5.43 Å². The average Bonchev–Trinajstić information content (AvgIpc) is 3.24. The smallest absolute Gasteiger partial charge is 0.226 e. The second-order valence-corrected chi connectivity index (χ2v) is 7.28. The number of carbonyl (C=O) groups excluding carboxylic acids is 1. The molecular weight excluding hydrogens is 406 g/mol. The molecular formula is C22H28ClN3O4. The highest BCUT2D eigenvalue weighted by Gasteiger charge is 2.34. The molecule has 162 valence electrons. The quantitative estimate of drug-likeness (QED) is 0.563. The van der Waals surface area contributed by atoms with E-state index in [4.69, 9.17) is 25.8 Å². The molecule has 0 radical (unpaired) electrons. The van der Waals surface area contributed by atoms with Crippen LogP contribution in [0.5, 0.6) is 17.2 Å². The Bertz CT molecular complexity index is 877. The maximum atomic E-state index is 12.9. The van der Waals surface area contributed by atoms with Crippen LogP contribution in [0, 0.1) is 5.92 Å². The normalized spacial score (nSPS) is 18.1. The van der Waals surface area contributed by atoms with Crippen molar-refractivity contribution in [1.82, 2.24) is 16.2 Å². The summed E-state index contributed by atoms with van der Waals surface area (Å²) in [5.41, 5.74) is 8.12. The summed E-state index contributed by atoms with van der Waals surface area (Å²) in [6.45, 7) is 5.83. The number of hydrogen-bond acceptors (Lipinski definition) is 6. The predicted octanol–water partition coefficient (Wildman–Crippen LogP) is 3.23. The molecule has 1 amide bonds. The molecule has 1 heterocycles. The molecule has 3 N–H and O–H groups in total. The summed E-state index contributed by atoms with van der Waals surface area (Å²) < 4.78 is 16.4. The zero-order chi connectivity index (χ0) is 21.5. The van der Waals surface area contributed by atoms with Crippen molar-refractivity contribution >= 4 is 17.5 Å². The summed E-state index contributed by atoms with van der Waals surface area (Å²) in [5.74, 6) is 1.65. The highest BCUT2D eigenvalue weighted by atomic mass is 35.5. The number of halogens is 1. The zero-order valence-electron chi connectivity index (χ0n) is 17.5. The van der Waals surface area contributed by atoms with Gasteiger partial charge < -0.3 is 19.5 Å². The maximum absolute atomic E-state index is 12.9. The number of hydrazine groups is 1. The molecule has 0 saturated carbocycles. The van der Waals surface area contributed by atoms with E-state index in [0.29, 0.717) is 48.6 Å². The van der Waals surface area contributed by atoms with E-state index in [2.05, 4.69) is 16.2 Å². The minimum atomic E-state index is -0.274. The highest BCUT2D eigenvalue weighted by molar-refractivity contribution is 6.32. The van der Waals surface area contributed by atoms with E-state index in [1.54, 1.807) is 7.11 Å². The maximum Gasteiger partial charge on any atom is 0.226 e. The minimum Gasteiger partial charge on any atom is -0.493 e. The van der Waals surface area contributed by atoms with Crippen LogP contribution in [0.15, 0.2) is 36.4 Å². The lowest BCUT2D eigenvalue weighted by atomic mass is 9.94. The standard InChI is InChI=1S/C22H28ClN3O4/c1-4-29-18-9-7-15(11-17(18)23)21-16(13-25-26-21)22(27)24-12-14-6-8-19(28-3)20(10-14)30-5-2/h6-11,16,21,25-26H,4-5,12-13H2,1-3H3,(H,24,27). The molecule has 1 aliphatic heterocycles. The lowest BCUT2D eigenvalue weighted by molar-refractivity contribution is -0.125. The molecule has 0 bridgehead atoms. The summed E-state index contributed by atoms with van der Waals surface area (Å²) in [7, 11) is 1.60. The summed E-state index contributed by atoms with van der Waals surface area (Å²) in [6.07, 6.45) is 0. The topological polar surface area (TPSA) is 80.9 Å². The van der Waals surface area contributed by atoms with E-state index in [0.717, 1.165) is 11.1 Å². The Morgan fingerprint density at radius 3 is 2.53 bits per heavy atom. The van der Waals surface area contributed by atoms with E-state index in [9.17, 15) is 4.79 Å². The lowest BCUT2D eigenvalue weighted by Gasteiger charge is -2.19. The molecule has 1 aliphatic rings. The van der Waals surface area contributed by atoms with Crippen LogP contribution in [0.1, 0.15) is 31.0 Å². The van der Waals surface area contributed by atoms with Gasteiger partial charge in [0.1, 0.15) is 5.75 Å². The van der Waals surface area contributed by atoms with Gasteiger partial charge in [0, 0.05) is 13.1 Å². The molecule has 0 spiro atoms. The van der Waals surface area contributed by atoms with E-state index in [1.807, 2.05) is 50.2 Å². The zero-order valence-corrected chi connectivity index (χ0v) is 18.2. The Kier molecular flexibility index (Phi) is 7.79. The second-order valence-electron chi connectivity index (χ2n) is 6.87. The first-order valence-electron chi connectivity index (χ1n) is 10.0. The van der Waals surface area contributed by atoms with Gasteiger partial charge in [-0.15, -0.1) is 0 Å². The Balaban J connectivity index is 1.66. The van der Waals surface area contributed by atoms with Crippen molar-refractivity contribution in [2.75, 3.05) is 26.9 Å². The first-order valence-corrected chi connectivity index (χ1v) is 10.4. The SMILES string of the molecule is CCOc1ccc(C2NNCC2C(=O)NCc2ccc(OC)c(OCC)c2)cc1Cl. The van der Waals surface area contributed by atoms with Gasteiger partial charge in [0.05, 0.1) is 37.3 Å². The fourth-order valence-electron chi connectivity index (χ4n) is 3.46. The van der Waals surface area contributed by atoms with Crippen molar-refractivity contribution in [3.8, 4) is 17.2 Å². The first kappa shape index (κ1) is 22.2. The number of amides is 1. The van der Waals surface area contributed by atoms with E-state index in [1.165, 1.54) is 0 Å². The fourth-order valence-corrected chi connectivity index (χ4v) is 3.70. The van der Waals surface area contributed by atoms with Crippen molar-refractivity contribution < 1.29 is 19.0 Å². The fraction of sp³-hybridized carbons (Fsp3) is 0.409.